The van der Waals surface area contributed by atoms with E-state index in [2.05, 4.69) is 9.82 Å². The first-order valence-electron chi connectivity index (χ1n) is 8.07. The molecule has 0 aromatic carbocycles. The van der Waals surface area contributed by atoms with Crippen molar-refractivity contribution in [3.63, 3.8) is 0 Å². The summed E-state index contributed by atoms with van der Waals surface area (Å²) in [5.74, 6) is -0.00569. The second-order valence-electron chi connectivity index (χ2n) is 6.61. The van der Waals surface area contributed by atoms with Gasteiger partial charge in [-0.15, -0.1) is 0 Å². The molecule has 1 aliphatic rings. The van der Waals surface area contributed by atoms with E-state index >= 15 is 0 Å². The van der Waals surface area contributed by atoms with Crippen molar-refractivity contribution in [3.05, 3.63) is 12.3 Å². The minimum atomic E-state index is -3.65. The standard InChI is InChI=1S/C15H26N4O3S/c1-11(2)15(20)18-9-5-6-13(10-18)17-23(21,22)14-7-8-16-19(14)12(3)4/h7-8,11-13,17H,5-6,9-10H2,1-4H3. The number of carbonyl (C=O) groups is 1. The zero-order chi connectivity index (χ0) is 17.2. The lowest BCUT2D eigenvalue weighted by Crippen LogP contribution is -2.50. The van der Waals surface area contributed by atoms with Crippen LogP contribution in [0.3, 0.4) is 0 Å². The fourth-order valence-electron chi connectivity index (χ4n) is 2.82. The average molecular weight is 342 g/mol. The summed E-state index contributed by atoms with van der Waals surface area (Å²) in [7, 11) is -3.65. The van der Waals surface area contributed by atoms with Gasteiger partial charge in [-0.3, -0.25) is 9.48 Å². The van der Waals surface area contributed by atoms with Crippen LogP contribution in [0.4, 0.5) is 0 Å². The Morgan fingerprint density at radius 3 is 2.65 bits per heavy atom. The molecular weight excluding hydrogens is 316 g/mol. The highest BCUT2D eigenvalue weighted by atomic mass is 32.2. The van der Waals surface area contributed by atoms with Crippen molar-refractivity contribution in [2.75, 3.05) is 13.1 Å². The second kappa shape index (κ2) is 7.00. The van der Waals surface area contributed by atoms with E-state index in [1.54, 1.807) is 4.90 Å². The highest BCUT2D eigenvalue weighted by Crippen LogP contribution is 2.18. The van der Waals surface area contributed by atoms with Gasteiger partial charge in [-0.1, -0.05) is 13.8 Å². The van der Waals surface area contributed by atoms with Gasteiger partial charge in [0, 0.05) is 31.1 Å². The molecule has 130 valence electrons. The number of hydrogen-bond donors (Lipinski definition) is 1. The van der Waals surface area contributed by atoms with Crippen LogP contribution in [-0.2, 0) is 14.8 Å². The van der Waals surface area contributed by atoms with E-state index < -0.39 is 10.0 Å². The van der Waals surface area contributed by atoms with Crippen molar-refractivity contribution in [1.29, 1.82) is 0 Å². The first kappa shape index (κ1) is 17.9. The Morgan fingerprint density at radius 1 is 1.35 bits per heavy atom. The van der Waals surface area contributed by atoms with Crippen LogP contribution < -0.4 is 4.72 Å². The molecule has 8 heteroatoms. The molecule has 1 aromatic heterocycles. The van der Waals surface area contributed by atoms with E-state index in [0.717, 1.165) is 12.8 Å². The van der Waals surface area contributed by atoms with Gasteiger partial charge in [0.05, 0.1) is 6.20 Å². The number of piperidine rings is 1. The van der Waals surface area contributed by atoms with Gasteiger partial charge in [0.2, 0.25) is 5.91 Å². The number of sulfonamides is 1. The molecule has 0 bridgehead atoms. The molecule has 1 amide bonds. The van der Waals surface area contributed by atoms with Gasteiger partial charge >= 0.3 is 0 Å². The van der Waals surface area contributed by atoms with Gasteiger partial charge in [-0.25, -0.2) is 13.1 Å². The quantitative estimate of drug-likeness (QED) is 0.876. The molecule has 1 atom stereocenters. The van der Waals surface area contributed by atoms with Crippen LogP contribution in [-0.4, -0.2) is 48.1 Å². The average Bonchev–Trinajstić information content (AvgIpc) is 2.96. The van der Waals surface area contributed by atoms with Crippen molar-refractivity contribution in [2.24, 2.45) is 5.92 Å². The molecule has 1 aliphatic heterocycles. The van der Waals surface area contributed by atoms with E-state index in [1.807, 2.05) is 27.7 Å². The molecule has 1 saturated heterocycles. The molecule has 0 spiro atoms. The highest BCUT2D eigenvalue weighted by Gasteiger charge is 2.30. The lowest BCUT2D eigenvalue weighted by molar-refractivity contribution is -0.135. The Labute approximate surface area is 138 Å². The molecule has 1 fully saturated rings. The summed E-state index contributed by atoms with van der Waals surface area (Å²) < 4.78 is 29.5. The third-order valence-electron chi connectivity index (χ3n) is 3.95. The molecule has 0 saturated carbocycles. The van der Waals surface area contributed by atoms with Crippen LogP contribution in [0.15, 0.2) is 17.3 Å². The van der Waals surface area contributed by atoms with Crippen molar-refractivity contribution < 1.29 is 13.2 Å². The van der Waals surface area contributed by atoms with E-state index in [0.29, 0.717) is 13.1 Å². The smallest absolute Gasteiger partial charge is 0.258 e. The van der Waals surface area contributed by atoms with Gasteiger partial charge in [-0.2, -0.15) is 5.10 Å². The number of rotatable bonds is 5. The zero-order valence-electron chi connectivity index (χ0n) is 14.2. The second-order valence-corrected chi connectivity index (χ2v) is 8.27. The lowest BCUT2D eigenvalue weighted by atomic mass is 10.0. The van der Waals surface area contributed by atoms with Gasteiger partial charge in [0.25, 0.3) is 10.0 Å². The van der Waals surface area contributed by atoms with Crippen LogP contribution in [0.1, 0.15) is 46.6 Å². The summed E-state index contributed by atoms with van der Waals surface area (Å²) in [4.78, 5) is 13.9. The predicted molar refractivity (Wildman–Crippen MR) is 87.4 cm³/mol. The molecule has 2 rings (SSSR count). The summed E-state index contributed by atoms with van der Waals surface area (Å²) in [5.41, 5.74) is 0. The fraction of sp³-hybridized carbons (Fsp3) is 0.733. The van der Waals surface area contributed by atoms with Crippen molar-refractivity contribution >= 4 is 15.9 Å². The number of carbonyl (C=O) groups excluding carboxylic acids is 1. The summed E-state index contributed by atoms with van der Waals surface area (Å²) in [6.07, 6.45) is 3.02. The van der Waals surface area contributed by atoms with E-state index in [1.165, 1.54) is 16.9 Å². The monoisotopic (exact) mass is 342 g/mol. The molecule has 23 heavy (non-hydrogen) atoms. The normalized spacial score (nSPS) is 19.6. The summed E-state index contributed by atoms with van der Waals surface area (Å²) in [6.45, 7) is 8.60. The van der Waals surface area contributed by atoms with Gasteiger partial charge < -0.3 is 4.90 Å². The third kappa shape index (κ3) is 4.11. The fourth-order valence-corrected chi connectivity index (χ4v) is 4.32. The number of hydrogen-bond acceptors (Lipinski definition) is 4. The molecule has 1 aromatic rings. The molecule has 0 aliphatic carbocycles. The Morgan fingerprint density at radius 2 is 2.04 bits per heavy atom. The maximum Gasteiger partial charge on any atom is 0.258 e. The van der Waals surface area contributed by atoms with Gasteiger partial charge in [0.1, 0.15) is 0 Å². The number of aromatic nitrogens is 2. The van der Waals surface area contributed by atoms with Crippen LogP contribution in [0.5, 0.6) is 0 Å². The Kier molecular flexibility index (Phi) is 5.46. The minimum absolute atomic E-state index is 0.0399. The third-order valence-corrected chi connectivity index (χ3v) is 5.46. The first-order valence-corrected chi connectivity index (χ1v) is 9.55. The van der Waals surface area contributed by atoms with Crippen LogP contribution >= 0.6 is 0 Å². The molecule has 2 heterocycles. The van der Waals surface area contributed by atoms with Crippen molar-refractivity contribution in [1.82, 2.24) is 19.4 Å². The van der Waals surface area contributed by atoms with Crippen molar-refractivity contribution in [2.45, 2.75) is 57.6 Å². The Hall–Kier alpha value is -1.41. The molecular formula is C15H26N4O3S. The highest BCUT2D eigenvalue weighted by molar-refractivity contribution is 7.89. The van der Waals surface area contributed by atoms with E-state index in [4.69, 9.17) is 0 Å². The summed E-state index contributed by atoms with van der Waals surface area (Å²) >= 11 is 0. The molecule has 7 nitrogen and oxygen atoms in total. The van der Waals surface area contributed by atoms with E-state index in [-0.39, 0.29) is 28.9 Å². The van der Waals surface area contributed by atoms with Gasteiger partial charge in [0.15, 0.2) is 5.03 Å². The predicted octanol–water partition coefficient (Wildman–Crippen LogP) is 1.39. The Bertz CT molecular complexity index is 651. The zero-order valence-corrected chi connectivity index (χ0v) is 15.0. The topological polar surface area (TPSA) is 84.3 Å². The maximum atomic E-state index is 12.6. The van der Waals surface area contributed by atoms with Gasteiger partial charge in [-0.05, 0) is 32.8 Å². The number of nitrogens with zero attached hydrogens (tertiary/aromatic N) is 3. The van der Waals surface area contributed by atoms with E-state index in [9.17, 15) is 13.2 Å². The Balaban J connectivity index is 2.11. The van der Waals surface area contributed by atoms with Crippen LogP contribution in [0.2, 0.25) is 0 Å². The molecule has 1 unspecified atom stereocenters. The molecule has 1 N–H and O–H groups in total. The summed E-state index contributed by atoms with van der Waals surface area (Å²) in [5, 5.41) is 4.24. The van der Waals surface area contributed by atoms with Crippen molar-refractivity contribution in [3.8, 4) is 0 Å². The van der Waals surface area contributed by atoms with Crippen LogP contribution in [0, 0.1) is 5.92 Å². The maximum absolute atomic E-state index is 12.6. The number of likely N-dealkylation sites (tertiary alicyclic amines) is 1. The molecule has 0 radical (unpaired) electrons. The summed E-state index contributed by atoms with van der Waals surface area (Å²) in [6, 6.07) is 1.20. The minimum Gasteiger partial charge on any atom is -0.341 e. The SMILES string of the molecule is CC(C)C(=O)N1CCCC(NS(=O)(=O)c2ccnn2C(C)C)C1. The van der Waals surface area contributed by atoms with Crippen LogP contribution in [0.25, 0.3) is 0 Å². The largest absolute Gasteiger partial charge is 0.341 e. The lowest BCUT2D eigenvalue weighted by Gasteiger charge is -2.34. The first-order chi connectivity index (χ1) is 10.7. The number of nitrogens with one attached hydrogen (secondary N) is 1. The number of amides is 1.